The van der Waals surface area contributed by atoms with Crippen LogP contribution in [0.3, 0.4) is 0 Å². The number of carbonyl (C=O) groups excluding carboxylic acids is 1. The fourth-order valence-electron chi connectivity index (χ4n) is 3.72. The van der Waals surface area contributed by atoms with Crippen molar-refractivity contribution in [3.8, 4) is 11.5 Å². The number of nitrogens with zero attached hydrogens (tertiary/aromatic N) is 1. The molecular weight excluding hydrogens is 364 g/mol. The van der Waals surface area contributed by atoms with Crippen LogP contribution in [0.4, 0.5) is 0 Å². The molecule has 2 aromatic carbocycles. The smallest absolute Gasteiger partial charge is 0.220 e. The van der Waals surface area contributed by atoms with Crippen LogP contribution in [0.2, 0.25) is 0 Å². The van der Waals surface area contributed by atoms with Gasteiger partial charge in [0.1, 0.15) is 0 Å². The number of rotatable bonds is 9. The average Bonchev–Trinajstić information content (AvgIpc) is 2.77. The number of ether oxygens (including phenoxy) is 2. The normalized spacial score (nSPS) is 14.4. The number of nitrogens with one attached hydrogen (secondary N) is 1. The third-order valence-corrected chi connectivity index (χ3v) is 5.46. The molecular formula is C24H32N2O3. The van der Waals surface area contributed by atoms with Crippen LogP contribution in [0.1, 0.15) is 42.4 Å². The van der Waals surface area contributed by atoms with Gasteiger partial charge in [0, 0.05) is 19.5 Å². The summed E-state index contributed by atoms with van der Waals surface area (Å²) in [5, 5.41) is 3.02. The van der Waals surface area contributed by atoms with Gasteiger partial charge >= 0.3 is 0 Å². The largest absolute Gasteiger partial charge is 0.493 e. The van der Waals surface area contributed by atoms with Crippen molar-refractivity contribution in [2.75, 3.05) is 27.3 Å². The van der Waals surface area contributed by atoms with E-state index in [1.54, 1.807) is 14.2 Å². The van der Waals surface area contributed by atoms with Gasteiger partial charge in [-0.15, -0.1) is 0 Å². The van der Waals surface area contributed by atoms with Gasteiger partial charge in [0.2, 0.25) is 5.91 Å². The minimum absolute atomic E-state index is 0.0529. The Balaban J connectivity index is 1.42. The molecule has 1 fully saturated rings. The number of hydrogen-bond donors (Lipinski definition) is 1. The highest BCUT2D eigenvalue weighted by atomic mass is 16.5. The lowest BCUT2D eigenvalue weighted by Crippen LogP contribution is -2.29. The van der Waals surface area contributed by atoms with Crippen LogP contribution in [-0.4, -0.2) is 38.1 Å². The lowest BCUT2D eigenvalue weighted by molar-refractivity contribution is -0.121. The number of aryl methyl sites for hydroxylation is 1. The van der Waals surface area contributed by atoms with Gasteiger partial charge in [-0.1, -0.05) is 36.8 Å². The summed E-state index contributed by atoms with van der Waals surface area (Å²) in [5.74, 6) is 1.44. The van der Waals surface area contributed by atoms with E-state index in [-0.39, 0.29) is 5.91 Å². The van der Waals surface area contributed by atoms with Crippen molar-refractivity contribution in [3.05, 3.63) is 59.2 Å². The average molecular weight is 397 g/mol. The molecule has 1 saturated heterocycles. The van der Waals surface area contributed by atoms with Crippen LogP contribution in [0.5, 0.6) is 11.5 Å². The Morgan fingerprint density at radius 3 is 2.24 bits per heavy atom. The van der Waals surface area contributed by atoms with Gasteiger partial charge in [0.25, 0.3) is 0 Å². The molecule has 0 aromatic heterocycles. The topological polar surface area (TPSA) is 50.8 Å². The second-order valence-electron chi connectivity index (χ2n) is 7.62. The van der Waals surface area contributed by atoms with Crippen LogP contribution >= 0.6 is 0 Å². The third kappa shape index (κ3) is 6.50. The summed E-state index contributed by atoms with van der Waals surface area (Å²) in [6.07, 6.45) is 5.10. The number of piperidine rings is 1. The van der Waals surface area contributed by atoms with E-state index in [0.29, 0.717) is 30.9 Å². The Morgan fingerprint density at radius 2 is 1.55 bits per heavy atom. The minimum atomic E-state index is 0.0529. The number of hydrogen-bond acceptors (Lipinski definition) is 4. The van der Waals surface area contributed by atoms with Crippen LogP contribution < -0.4 is 14.8 Å². The molecule has 29 heavy (non-hydrogen) atoms. The predicted molar refractivity (Wildman–Crippen MR) is 115 cm³/mol. The molecule has 0 bridgehead atoms. The SMILES string of the molecule is COc1ccc(CCC(=O)NCc2ccc(CN3CCCCC3)cc2)cc1OC. The fourth-order valence-corrected chi connectivity index (χ4v) is 3.72. The summed E-state index contributed by atoms with van der Waals surface area (Å²) in [6.45, 7) is 4.00. The molecule has 2 aromatic rings. The number of likely N-dealkylation sites (tertiary alicyclic amines) is 1. The Hall–Kier alpha value is -2.53. The van der Waals surface area contributed by atoms with Gasteiger partial charge in [-0.3, -0.25) is 9.69 Å². The zero-order valence-corrected chi connectivity index (χ0v) is 17.6. The summed E-state index contributed by atoms with van der Waals surface area (Å²) in [4.78, 5) is 14.7. The Morgan fingerprint density at radius 1 is 0.897 bits per heavy atom. The van der Waals surface area contributed by atoms with E-state index >= 15 is 0 Å². The molecule has 0 saturated carbocycles. The zero-order valence-electron chi connectivity index (χ0n) is 17.6. The molecule has 156 valence electrons. The highest BCUT2D eigenvalue weighted by Crippen LogP contribution is 2.27. The number of benzene rings is 2. The van der Waals surface area contributed by atoms with Crippen molar-refractivity contribution in [3.63, 3.8) is 0 Å². The Kier molecular flexibility index (Phi) is 7.94. The zero-order chi connectivity index (χ0) is 20.5. The molecule has 0 radical (unpaired) electrons. The van der Waals surface area contributed by atoms with Gasteiger partial charge < -0.3 is 14.8 Å². The van der Waals surface area contributed by atoms with E-state index in [1.807, 2.05) is 18.2 Å². The van der Waals surface area contributed by atoms with Gasteiger partial charge in [-0.05, 0) is 61.2 Å². The van der Waals surface area contributed by atoms with E-state index in [9.17, 15) is 4.79 Å². The van der Waals surface area contributed by atoms with Crippen molar-refractivity contribution >= 4 is 5.91 Å². The first-order valence-corrected chi connectivity index (χ1v) is 10.5. The second kappa shape index (κ2) is 10.9. The Labute approximate surface area is 174 Å². The third-order valence-electron chi connectivity index (χ3n) is 5.46. The molecule has 1 N–H and O–H groups in total. The molecule has 0 spiro atoms. The maximum atomic E-state index is 12.2. The van der Waals surface area contributed by atoms with Crippen LogP contribution in [-0.2, 0) is 24.3 Å². The monoisotopic (exact) mass is 396 g/mol. The van der Waals surface area contributed by atoms with Gasteiger partial charge in [-0.25, -0.2) is 0 Å². The molecule has 0 unspecified atom stereocenters. The fraction of sp³-hybridized carbons (Fsp3) is 0.458. The highest BCUT2D eigenvalue weighted by molar-refractivity contribution is 5.76. The molecule has 1 aliphatic heterocycles. The molecule has 1 heterocycles. The lowest BCUT2D eigenvalue weighted by Gasteiger charge is -2.26. The van der Waals surface area contributed by atoms with Gasteiger partial charge in [-0.2, -0.15) is 0 Å². The van der Waals surface area contributed by atoms with Crippen LogP contribution in [0.25, 0.3) is 0 Å². The predicted octanol–water partition coefficient (Wildman–Crippen LogP) is 3.94. The minimum Gasteiger partial charge on any atom is -0.493 e. The summed E-state index contributed by atoms with van der Waals surface area (Å²) in [7, 11) is 3.23. The summed E-state index contributed by atoms with van der Waals surface area (Å²) in [5.41, 5.74) is 3.53. The van der Waals surface area contributed by atoms with Crippen molar-refractivity contribution in [1.29, 1.82) is 0 Å². The van der Waals surface area contributed by atoms with E-state index in [4.69, 9.17) is 9.47 Å². The standard InChI is InChI=1S/C24H32N2O3/c1-28-22-12-10-19(16-23(22)29-2)11-13-24(27)25-17-20-6-8-21(9-7-20)18-26-14-4-3-5-15-26/h6-10,12,16H,3-5,11,13-15,17-18H2,1-2H3,(H,25,27). The summed E-state index contributed by atoms with van der Waals surface area (Å²) >= 11 is 0. The first-order chi connectivity index (χ1) is 14.2. The first kappa shape index (κ1) is 21.2. The number of amides is 1. The number of carbonyl (C=O) groups is 1. The van der Waals surface area contributed by atoms with Crippen molar-refractivity contribution in [2.24, 2.45) is 0 Å². The van der Waals surface area contributed by atoms with E-state index in [2.05, 4.69) is 34.5 Å². The molecule has 3 rings (SSSR count). The molecule has 5 nitrogen and oxygen atoms in total. The second-order valence-corrected chi connectivity index (χ2v) is 7.62. The summed E-state index contributed by atoms with van der Waals surface area (Å²) in [6, 6.07) is 14.4. The van der Waals surface area contributed by atoms with E-state index in [0.717, 1.165) is 17.7 Å². The van der Waals surface area contributed by atoms with Crippen LogP contribution in [0, 0.1) is 0 Å². The molecule has 5 heteroatoms. The van der Waals surface area contributed by atoms with Crippen molar-refractivity contribution in [1.82, 2.24) is 10.2 Å². The Bertz CT molecular complexity index is 783. The molecule has 0 atom stereocenters. The van der Waals surface area contributed by atoms with Gasteiger partial charge in [0.15, 0.2) is 11.5 Å². The van der Waals surface area contributed by atoms with Crippen molar-refractivity contribution in [2.45, 2.75) is 45.2 Å². The highest BCUT2D eigenvalue weighted by Gasteiger charge is 2.10. The number of methoxy groups -OCH3 is 2. The maximum absolute atomic E-state index is 12.2. The maximum Gasteiger partial charge on any atom is 0.220 e. The first-order valence-electron chi connectivity index (χ1n) is 10.5. The molecule has 1 amide bonds. The quantitative estimate of drug-likeness (QED) is 0.698. The molecule has 0 aliphatic carbocycles. The van der Waals surface area contributed by atoms with Gasteiger partial charge in [0.05, 0.1) is 14.2 Å². The lowest BCUT2D eigenvalue weighted by atomic mass is 10.1. The van der Waals surface area contributed by atoms with E-state index < -0.39 is 0 Å². The van der Waals surface area contributed by atoms with Crippen LogP contribution in [0.15, 0.2) is 42.5 Å². The van der Waals surface area contributed by atoms with Crippen molar-refractivity contribution < 1.29 is 14.3 Å². The summed E-state index contributed by atoms with van der Waals surface area (Å²) < 4.78 is 10.6. The van der Waals surface area contributed by atoms with E-state index in [1.165, 1.54) is 37.9 Å². The molecule has 1 aliphatic rings.